The fraction of sp³-hybridized carbons (Fsp3) is 0.222. The first-order valence-corrected chi connectivity index (χ1v) is 20.9. The van der Waals surface area contributed by atoms with E-state index in [1.54, 1.807) is 0 Å². The zero-order chi connectivity index (χ0) is 39.7. The van der Waals surface area contributed by atoms with Crippen LogP contribution in [-0.4, -0.2) is 11.8 Å². The smallest absolute Gasteiger partial charge is 0.247 e. The SMILES string of the molecule is CC(C)(C)c1cc(-c2ccccc2Nc2ccc3c(c2)C(C)(C)CCC3(C)C)c2c3c1c1c4ccccc4ccc1n3-c1c(oc3ccc(-c4ccccc4)cc13)[B]2. The minimum absolute atomic E-state index is 0.123. The maximum atomic E-state index is 6.89. The second-order valence-electron chi connectivity index (χ2n) is 19.1. The quantitative estimate of drug-likeness (QED) is 0.182. The minimum Gasteiger partial charge on any atom is -0.469 e. The van der Waals surface area contributed by atoms with Gasteiger partial charge in [-0.15, -0.1) is 0 Å². The van der Waals surface area contributed by atoms with Crippen LogP contribution in [0.1, 0.15) is 78.0 Å². The van der Waals surface area contributed by atoms with Crippen molar-refractivity contribution in [2.45, 2.75) is 77.6 Å². The molecule has 283 valence electrons. The number of furan rings is 1. The van der Waals surface area contributed by atoms with E-state index in [2.05, 4.69) is 199 Å². The Morgan fingerprint density at radius 1 is 0.638 bits per heavy atom. The molecule has 1 aliphatic heterocycles. The van der Waals surface area contributed by atoms with Crippen molar-refractivity contribution in [3.63, 3.8) is 0 Å². The van der Waals surface area contributed by atoms with Crippen LogP contribution in [0.2, 0.25) is 0 Å². The molecule has 3 heterocycles. The van der Waals surface area contributed by atoms with E-state index in [9.17, 15) is 0 Å². The highest BCUT2D eigenvalue weighted by Gasteiger charge is 2.38. The number of nitrogens with one attached hydrogen (secondary N) is 1. The molecule has 1 radical (unpaired) electrons. The monoisotopic (exact) mass is 751 g/mol. The van der Waals surface area contributed by atoms with Crippen LogP contribution in [0, 0.1) is 0 Å². The molecule has 0 bridgehead atoms. The summed E-state index contributed by atoms with van der Waals surface area (Å²) >= 11 is 0. The zero-order valence-corrected chi connectivity index (χ0v) is 34.5. The van der Waals surface area contributed by atoms with Gasteiger partial charge in [0.15, 0.2) is 0 Å². The number of benzene rings is 7. The average molecular weight is 752 g/mol. The molecule has 11 rings (SSSR count). The van der Waals surface area contributed by atoms with Crippen LogP contribution in [0.5, 0.6) is 0 Å². The Morgan fingerprint density at radius 2 is 1.38 bits per heavy atom. The molecule has 0 saturated carbocycles. The van der Waals surface area contributed by atoms with Gasteiger partial charge in [-0.2, -0.15) is 0 Å². The summed E-state index contributed by atoms with van der Waals surface area (Å²) in [5.41, 5.74) is 17.9. The Balaban J connectivity index is 1.20. The maximum absolute atomic E-state index is 6.89. The van der Waals surface area contributed by atoms with E-state index in [4.69, 9.17) is 4.42 Å². The lowest BCUT2D eigenvalue weighted by Gasteiger charge is -2.42. The van der Waals surface area contributed by atoms with Crippen molar-refractivity contribution in [2.24, 2.45) is 0 Å². The van der Waals surface area contributed by atoms with Gasteiger partial charge >= 0.3 is 0 Å². The van der Waals surface area contributed by atoms with Crippen LogP contribution in [0.15, 0.2) is 138 Å². The molecule has 0 fully saturated rings. The Bertz CT molecular complexity index is 3150. The van der Waals surface area contributed by atoms with E-state index in [-0.39, 0.29) is 16.2 Å². The molecular weight excluding hydrogens is 703 g/mol. The molecule has 0 amide bonds. The number of hydrogen-bond donors (Lipinski definition) is 1. The van der Waals surface area contributed by atoms with E-state index in [1.807, 2.05) is 0 Å². The predicted molar refractivity (Wildman–Crippen MR) is 248 cm³/mol. The van der Waals surface area contributed by atoms with Gasteiger partial charge in [0.05, 0.1) is 16.9 Å². The molecule has 58 heavy (non-hydrogen) atoms. The Kier molecular flexibility index (Phi) is 7.44. The normalized spacial score (nSPS) is 15.4. The Hall–Kier alpha value is -6.00. The summed E-state index contributed by atoms with van der Waals surface area (Å²) in [6.45, 7) is 16.7. The molecule has 2 aromatic heterocycles. The third-order valence-electron chi connectivity index (χ3n) is 13.4. The highest BCUT2D eigenvalue weighted by molar-refractivity contribution is 6.73. The van der Waals surface area contributed by atoms with Crippen molar-refractivity contribution in [1.29, 1.82) is 0 Å². The lowest BCUT2D eigenvalue weighted by atomic mass is 9.61. The van der Waals surface area contributed by atoms with Crippen LogP contribution < -0.4 is 16.4 Å². The van der Waals surface area contributed by atoms with Crippen LogP contribution in [0.4, 0.5) is 11.4 Å². The van der Waals surface area contributed by atoms with Crippen LogP contribution in [-0.2, 0) is 16.2 Å². The van der Waals surface area contributed by atoms with Crippen LogP contribution >= 0.6 is 0 Å². The number of anilines is 2. The number of aromatic nitrogens is 1. The summed E-state index contributed by atoms with van der Waals surface area (Å²) in [5.74, 6) is 0. The highest BCUT2D eigenvalue weighted by Crippen LogP contribution is 2.48. The molecular formula is C54H48BN2O. The largest absolute Gasteiger partial charge is 0.469 e. The number of hydrogen-bond acceptors (Lipinski definition) is 2. The van der Waals surface area contributed by atoms with Gasteiger partial charge in [-0.3, -0.25) is 0 Å². The lowest BCUT2D eigenvalue weighted by Crippen LogP contribution is -2.36. The molecule has 0 atom stereocenters. The van der Waals surface area contributed by atoms with E-state index < -0.39 is 0 Å². The fourth-order valence-corrected chi connectivity index (χ4v) is 10.2. The van der Waals surface area contributed by atoms with E-state index in [0.717, 1.165) is 33.7 Å². The van der Waals surface area contributed by atoms with Gasteiger partial charge in [0.1, 0.15) is 5.58 Å². The average Bonchev–Trinajstić information content (AvgIpc) is 3.76. The number of rotatable bonds is 4. The summed E-state index contributed by atoms with van der Waals surface area (Å²) in [6.07, 6.45) is 2.39. The molecule has 0 spiro atoms. The molecule has 0 unspecified atom stereocenters. The topological polar surface area (TPSA) is 30.1 Å². The lowest BCUT2D eigenvalue weighted by molar-refractivity contribution is 0.332. The molecule has 7 aromatic carbocycles. The molecule has 3 nitrogen and oxygen atoms in total. The number of para-hydroxylation sites is 1. The fourth-order valence-electron chi connectivity index (χ4n) is 10.2. The molecule has 1 aliphatic carbocycles. The van der Waals surface area contributed by atoms with E-state index in [0.29, 0.717) is 0 Å². The van der Waals surface area contributed by atoms with Crippen molar-refractivity contribution in [3.8, 4) is 27.9 Å². The van der Waals surface area contributed by atoms with Crippen molar-refractivity contribution >= 4 is 73.3 Å². The summed E-state index contributed by atoms with van der Waals surface area (Å²) in [4.78, 5) is 0. The number of nitrogens with zero attached hydrogens (tertiary/aromatic N) is 1. The van der Waals surface area contributed by atoms with Gasteiger partial charge < -0.3 is 14.3 Å². The summed E-state index contributed by atoms with van der Waals surface area (Å²) < 4.78 is 9.42. The van der Waals surface area contributed by atoms with Gasteiger partial charge in [0.2, 0.25) is 7.28 Å². The summed E-state index contributed by atoms with van der Waals surface area (Å²) in [5, 5.41) is 10.2. The maximum Gasteiger partial charge on any atom is 0.247 e. The second kappa shape index (κ2) is 12.3. The third-order valence-corrected chi connectivity index (χ3v) is 13.4. The molecule has 2 aliphatic rings. The van der Waals surface area contributed by atoms with E-state index >= 15 is 0 Å². The summed E-state index contributed by atoms with van der Waals surface area (Å²) in [7, 11) is 2.32. The first kappa shape index (κ1) is 35.2. The van der Waals surface area contributed by atoms with Crippen LogP contribution in [0.3, 0.4) is 0 Å². The van der Waals surface area contributed by atoms with Crippen molar-refractivity contribution in [3.05, 3.63) is 150 Å². The highest BCUT2D eigenvalue weighted by atomic mass is 16.3. The Labute approximate surface area is 342 Å². The first-order valence-electron chi connectivity index (χ1n) is 20.9. The molecule has 0 saturated heterocycles. The van der Waals surface area contributed by atoms with Crippen molar-refractivity contribution < 1.29 is 4.42 Å². The van der Waals surface area contributed by atoms with E-state index in [1.165, 1.54) is 89.8 Å². The Morgan fingerprint density at radius 3 is 2.19 bits per heavy atom. The van der Waals surface area contributed by atoms with Gasteiger partial charge in [0.25, 0.3) is 0 Å². The first-order chi connectivity index (χ1) is 27.9. The molecule has 1 N–H and O–H groups in total. The van der Waals surface area contributed by atoms with Crippen molar-refractivity contribution in [1.82, 2.24) is 4.57 Å². The standard InChI is InChI=1S/C54H48BN2O/c1-52(2,3)42-31-38(37-19-13-14-20-43(37)56-35-23-24-40-41(30-35)54(6,7)28-27-53(40,4)5)48-50-47(42)46-36-18-12-11-17-33(36)21-25-44(46)57(50)49-39-29-34(32-15-9-8-10-16-32)22-26-45(39)58-51(49)55-48/h8-26,29-31,56H,27-28H2,1-7H3. The third kappa shape index (κ3) is 5.20. The second-order valence-corrected chi connectivity index (χ2v) is 19.1. The minimum atomic E-state index is -0.151. The predicted octanol–water partition coefficient (Wildman–Crippen LogP) is 13.4. The molecule has 4 heteroatoms. The zero-order valence-electron chi connectivity index (χ0n) is 34.5. The number of fused-ring (bicyclic) bond motifs is 10. The summed E-state index contributed by atoms with van der Waals surface area (Å²) in [6, 6.07) is 49.2. The van der Waals surface area contributed by atoms with Crippen molar-refractivity contribution in [2.75, 3.05) is 5.32 Å². The van der Waals surface area contributed by atoms with Gasteiger partial charge in [-0.1, -0.05) is 146 Å². The molecule has 9 aromatic rings. The van der Waals surface area contributed by atoms with Gasteiger partial charge in [-0.05, 0) is 115 Å². The van der Waals surface area contributed by atoms with Gasteiger partial charge in [0, 0.05) is 38.6 Å². The van der Waals surface area contributed by atoms with Crippen LogP contribution in [0.25, 0.3) is 71.5 Å². The van der Waals surface area contributed by atoms with Gasteiger partial charge in [-0.25, -0.2) is 0 Å².